The molecule has 0 bridgehead atoms. The van der Waals surface area contributed by atoms with Crippen molar-refractivity contribution in [1.29, 1.82) is 0 Å². The van der Waals surface area contributed by atoms with E-state index in [0.29, 0.717) is 18.1 Å². The van der Waals surface area contributed by atoms with Crippen LogP contribution in [0.4, 0.5) is 0 Å². The van der Waals surface area contributed by atoms with Crippen LogP contribution in [0.2, 0.25) is 5.02 Å². The Labute approximate surface area is 126 Å². The van der Waals surface area contributed by atoms with Gasteiger partial charge in [-0.3, -0.25) is 4.79 Å². The maximum atomic E-state index is 12.5. The Morgan fingerprint density at radius 2 is 2.38 bits per heavy atom. The van der Waals surface area contributed by atoms with Crippen LogP contribution >= 0.6 is 11.6 Å². The third-order valence-electron chi connectivity index (χ3n) is 3.49. The van der Waals surface area contributed by atoms with Crippen molar-refractivity contribution >= 4 is 17.5 Å². The molecule has 8 heteroatoms. The number of halogens is 1. The first-order valence-electron chi connectivity index (χ1n) is 6.70. The molecule has 1 atom stereocenters. The number of aromatic nitrogens is 4. The van der Waals surface area contributed by atoms with Crippen molar-refractivity contribution in [2.75, 3.05) is 19.6 Å². The standard InChI is InChI=1S/C13H15ClN6O/c14-11-3-1-2-10(6-11)12-7-15-4-5-20(12)13(21)8-19-9-16-17-18-19/h1-3,6,9,12,15H,4-5,7-8H2. The van der Waals surface area contributed by atoms with Crippen LogP contribution in [0.5, 0.6) is 0 Å². The Bertz CT molecular complexity index is 617. The average molecular weight is 307 g/mol. The molecule has 0 spiro atoms. The molecule has 1 aromatic heterocycles. The number of hydrogen-bond acceptors (Lipinski definition) is 5. The van der Waals surface area contributed by atoms with Crippen molar-refractivity contribution in [1.82, 2.24) is 30.4 Å². The van der Waals surface area contributed by atoms with Crippen molar-refractivity contribution in [2.45, 2.75) is 12.6 Å². The molecule has 2 heterocycles. The van der Waals surface area contributed by atoms with Crippen LogP contribution in [0, 0.1) is 0 Å². The number of tetrazole rings is 1. The van der Waals surface area contributed by atoms with Crippen molar-refractivity contribution in [3.05, 3.63) is 41.2 Å². The minimum atomic E-state index is -0.0265. The number of carbonyl (C=O) groups excluding carboxylic acids is 1. The van der Waals surface area contributed by atoms with Gasteiger partial charge in [0.25, 0.3) is 0 Å². The highest BCUT2D eigenvalue weighted by Gasteiger charge is 2.28. The summed E-state index contributed by atoms with van der Waals surface area (Å²) in [6, 6.07) is 7.59. The summed E-state index contributed by atoms with van der Waals surface area (Å²) in [7, 11) is 0. The van der Waals surface area contributed by atoms with Gasteiger partial charge in [-0.05, 0) is 28.1 Å². The average Bonchev–Trinajstić information content (AvgIpc) is 3.00. The zero-order chi connectivity index (χ0) is 14.7. The van der Waals surface area contributed by atoms with E-state index in [9.17, 15) is 4.79 Å². The summed E-state index contributed by atoms with van der Waals surface area (Å²) >= 11 is 6.05. The summed E-state index contributed by atoms with van der Waals surface area (Å²) in [5.74, 6) is -0.00576. The van der Waals surface area contributed by atoms with Crippen LogP contribution in [0.15, 0.2) is 30.6 Å². The molecular weight excluding hydrogens is 292 g/mol. The molecular formula is C13H15ClN6O. The van der Waals surface area contributed by atoms with Crippen molar-refractivity contribution in [3.8, 4) is 0 Å². The Hall–Kier alpha value is -1.99. The maximum Gasteiger partial charge on any atom is 0.245 e. The lowest BCUT2D eigenvalue weighted by Gasteiger charge is -2.36. The molecule has 1 aliphatic rings. The first-order valence-corrected chi connectivity index (χ1v) is 7.08. The predicted molar refractivity (Wildman–Crippen MR) is 76.6 cm³/mol. The molecule has 0 aliphatic carbocycles. The first-order chi connectivity index (χ1) is 10.2. The minimum absolute atomic E-state index is 0.00576. The van der Waals surface area contributed by atoms with Gasteiger partial charge < -0.3 is 10.2 Å². The smallest absolute Gasteiger partial charge is 0.245 e. The van der Waals surface area contributed by atoms with Gasteiger partial charge in [-0.15, -0.1) is 5.10 Å². The van der Waals surface area contributed by atoms with E-state index in [1.165, 1.54) is 11.0 Å². The third-order valence-corrected chi connectivity index (χ3v) is 3.72. The molecule has 7 nitrogen and oxygen atoms in total. The van der Waals surface area contributed by atoms with Crippen LogP contribution in [-0.4, -0.2) is 50.6 Å². The van der Waals surface area contributed by atoms with Gasteiger partial charge in [0.15, 0.2) is 0 Å². The van der Waals surface area contributed by atoms with E-state index in [1.54, 1.807) is 0 Å². The van der Waals surface area contributed by atoms with Crippen LogP contribution in [0.1, 0.15) is 11.6 Å². The van der Waals surface area contributed by atoms with Gasteiger partial charge in [-0.25, -0.2) is 4.68 Å². The number of piperazine rings is 1. The number of nitrogens with one attached hydrogen (secondary N) is 1. The fraction of sp³-hybridized carbons (Fsp3) is 0.385. The van der Waals surface area contributed by atoms with Gasteiger partial charge in [0, 0.05) is 24.7 Å². The fourth-order valence-electron chi connectivity index (χ4n) is 2.50. The summed E-state index contributed by atoms with van der Waals surface area (Å²) in [5.41, 5.74) is 1.03. The molecule has 2 aromatic rings. The number of amides is 1. The molecule has 0 saturated carbocycles. The molecule has 0 radical (unpaired) electrons. The Kier molecular flexibility index (Phi) is 4.12. The van der Waals surface area contributed by atoms with Crippen LogP contribution in [0.25, 0.3) is 0 Å². The predicted octanol–water partition coefficient (Wildman–Crippen LogP) is 0.500. The Balaban J connectivity index is 1.79. The molecule has 110 valence electrons. The van der Waals surface area contributed by atoms with E-state index in [4.69, 9.17) is 11.6 Å². The lowest BCUT2D eigenvalue weighted by molar-refractivity contribution is -0.135. The van der Waals surface area contributed by atoms with Gasteiger partial charge in [0.2, 0.25) is 5.91 Å². The Morgan fingerprint density at radius 3 is 3.14 bits per heavy atom. The zero-order valence-electron chi connectivity index (χ0n) is 11.3. The van der Waals surface area contributed by atoms with Crippen molar-refractivity contribution in [3.63, 3.8) is 0 Å². The lowest BCUT2D eigenvalue weighted by Crippen LogP contribution is -2.49. The quantitative estimate of drug-likeness (QED) is 0.893. The molecule has 21 heavy (non-hydrogen) atoms. The molecule has 1 fully saturated rings. The van der Waals surface area contributed by atoms with E-state index in [2.05, 4.69) is 20.8 Å². The second-order valence-corrected chi connectivity index (χ2v) is 5.31. The van der Waals surface area contributed by atoms with Gasteiger partial charge in [-0.2, -0.15) is 0 Å². The molecule has 1 aromatic carbocycles. The van der Waals surface area contributed by atoms with Crippen LogP contribution in [-0.2, 0) is 11.3 Å². The molecule has 1 unspecified atom stereocenters. The number of hydrogen-bond donors (Lipinski definition) is 1. The summed E-state index contributed by atoms with van der Waals surface area (Å²) in [5, 5.41) is 14.8. The highest BCUT2D eigenvalue weighted by Crippen LogP contribution is 2.24. The second kappa shape index (κ2) is 6.19. The van der Waals surface area contributed by atoms with Gasteiger partial charge >= 0.3 is 0 Å². The van der Waals surface area contributed by atoms with E-state index < -0.39 is 0 Å². The first kappa shape index (κ1) is 14.0. The SMILES string of the molecule is O=C(Cn1cnnn1)N1CCNCC1c1cccc(Cl)c1. The normalized spacial score (nSPS) is 18.7. The highest BCUT2D eigenvalue weighted by atomic mass is 35.5. The minimum Gasteiger partial charge on any atom is -0.331 e. The van der Waals surface area contributed by atoms with Crippen LogP contribution < -0.4 is 5.32 Å². The monoisotopic (exact) mass is 306 g/mol. The van der Waals surface area contributed by atoms with E-state index in [1.807, 2.05) is 29.2 Å². The fourth-order valence-corrected chi connectivity index (χ4v) is 2.70. The van der Waals surface area contributed by atoms with Gasteiger partial charge in [-0.1, -0.05) is 23.7 Å². The largest absolute Gasteiger partial charge is 0.331 e. The topological polar surface area (TPSA) is 75.9 Å². The molecule has 3 rings (SSSR count). The third kappa shape index (κ3) is 3.20. The second-order valence-electron chi connectivity index (χ2n) is 4.87. The van der Waals surface area contributed by atoms with E-state index in [-0.39, 0.29) is 18.5 Å². The highest BCUT2D eigenvalue weighted by molar-refractivity contribution is 6.30. The molecule has 1 N–H and O–H groups in total. The zero-order valence-corrected chi connectivity index (χ0v) is 12.1. The maximum absolute atomic E-state index is 12.5. The van der Waals surface area contributed by atoms with Crippen molar-refractivity contribution in [2.24, 2.45) is 0 Å². The summed E-state index contributed by atoms with van der Waals surface area (Å²) < 4.78 is 1.43. The van der Waals surface area contributed by atoms with Crippen molar-refractivity contribution < 1.29 is 4.79 Å². The molecule has 1 saturated heterocycles. The van der Waals surface area contributed by atoms with E-state index in [0.717, 1.165) is 12.1 Å². The summed E-state index contributed by atoms with van der Waals surface area (Å²) in [4.78, 5) is 14.3. The molecule has 1 aliphatic heterocycles. The Morgan fingerprint density at radius 1 is 1.48 bits per heavy atom. The van der Waals surface area contributed by atoms with Crippen LogP contribution in [0.3, 0.4) is 0 Å². The summed E-state index contributed by atoms with van der Waals surface area (Å²) in [6.07, 6.45) is 1.44. The number of carbonyl (C=O) groups is 1. The van der Waals surface area contributed by atoms with Gasteiger partial charge in [0.1, 0.15) is 12.9 Å². The number of benzene rings is 1. The number of nitrogens with zero attached hydrogens (tertiary/aromatic N) is 5. The molecule has 1 amide bonds. The van der Waals surface area contributed by atoms with E-state index >= 15 is 0 Å². The lowest BCUT2D eigenvalue weighted by atomic mass is 10.0. The van der Waals surface area contributed by atoms with Gasteiger partial charge in [0.05, 0.1) is 6.04 Å². The number of rotatable bonds is 3. The summed E-state index contributed by atoms with van der Waals surface area (Å²) in [6.45, 7) is 2.28.